The molecular formula is C18H23N3O2. The number of hydrogen-bond acceptors (Lipinski definition) is 3. The highest BCUT2D eigenvalue weighted by atomic mass is 16.5. The Labute approximate surface area is 136 Å². The fourth-order valence-corrected chi connectivity index (χ4v) is 2.90. The van der Waals surface area contributed by atoms with Crippen LogP contribution >= 0.6 is 0 Å². The molecule has 0 saturated carbocycles. The molecule has 1 aliphatic heterocycles. The highest BCUT2D eigenvalue weighted by Gasteiger charge is 2.19. The van der Waals surface area contributed by atoms with Gasteiger partial charge >= 0.3 is 6.03 Å². The predicted molar refractivity (Wildman–Crippen MR) is 91.7 cm³/mol. The second kappa shape index (κ2) is 6.96. The second-order valence-corrected chi connectivity index (χ2v) is 6.13. The van der Waals surface area contributed by atoms with Crippen molar-refractivity contribution >= 4 is 22.6 Å². The van der Waals surface area contributed by atoms with Crippen molar-refractivity contribution in [1.82, 2.24) is 9.88 Å². The highest BCUT2D eigenvalue weighted by Crippen LogP contribution is 2.22. The lowest BCUT2D eigenvalue weighted by molar-refractivity contribution is 0.00464. The van der Waals surface area contributed by atoms with Crippen LogP contribution in [-0.2, 0) is 4.74 Å². The van der Waals surface area contributed by atoms with Crippen LogP contribution in [0.4, 0.5) is 10.5 Å². The molecule has 1 fully saturated rings. The van der Waals surface area contributed by atoms with Crippen molar-refractivity contribution in [1.29, 1.82) is 0 Å². The number of benzene rings is 1. The van der Waals surface area contributed by atoms with Crippen molar-refractivity contribution in [3.8, 4) is 0 Å². The van der Waals surface area contributed by atoms with E-state index >= 15 is 0 Å². The van der Waals surface area contributed by atoms with E-state index in [1.807, 2.05) is 37.3 Å². The molecule has 0 aliphatic carbocycles. The van der Waals surface area contributed by atoms with Crippen molar-refractivity contribution in [2.24, 2.45) is 0 Å². The molecule has 0 spiro atoms. The number of fused-ring (bicyclic) bond motifs is 1. The smallest absolute Gasteiger partial charge is 0.321 e. The number of pyridine rings is 1. The number of rotatable bonds is 3. The lowest BCUT2D eigenvalue weighted by atomic mass is 10.1. The number of nitrogens with zero attached hydrogens (tertiary/aromatic N) is 2. The topological polar surface area (TPSA) is 54.5 Å². The molecule has 5 heteroatoms. The molecule has 0 bridgehead atoms. The van der Waals surface area contributed by atoms with Crippen molar-refractivity contribution < 1.29 is 9.53 Å². The summed E-state index contributed by atoms with van der Waals surface area (Å²) in [6, 6.07) is 9.68. The van der Waals surface area contributed by atoms with Crippen LogP contribution in [0.15, 0.2) is 30.3 Å². The van der Waals surface area contributed by atoms with Gasteiger partial charge in [-0.25, -0.2) is 4.79 Å². The van der Waals surface area contributed by atoms with Gasteiger partial charge in [-0.05, 0) is 38.3 Å². The molecule has 122 valence electrons. The van der Waals surface area contributed by atoms with Gasteiger partial charge in [0.15, 0.2) is 0 Å². The van der Waals surface area contributed by atoms with Crippen molar-refractivity contribution in [3.05, 3.63) is 36.0 Å². The molecule has 1 saturated heterocycles. The molecule has 0 radical (unpaired) electrons. The molecule has 23 heavy (non-hydrogen) atoms. The molecule has 3 rings (SSSR count). The van der Waals surface area contributed by atoms with Gasteiger partial charge in [0.2, 0.25) is 0 Å². The number of urea groups is 1. The van der Waals surface area contributed by atoms with E-state index in [2.05, 4.69) is 10.3 Å². The van der Waals surface area contributed by atoms with Gasteiger partial charge < -0.3 is 15.0 Å². The van der Waals surface area contributed by atoms with E-state index in [1.54, 1.807) is 11.9 Å². The Morgan fingerprint density at radius 2 is 2.22 bits per heavy atom. The summed E-state index contributed by atoms with van der Waals surface area (Å²) in [6.07, 6.45) is 3.46. The zero-order chi connectivity index (χ0) is 16.2. The Kier molecular flexibility index (Phi) is 4.76. The van der Waals surface area contributed by atoms with Gasteiger partial charge in [-0.15, -0.1) is 0 Å². The molecule has 1 aliphatic rings. The number of aromatic nitrogens is 1. The number of carbonyl (C=O) groups excluding carboxylic acids is 1. The summed E-state index contributed by atoms with van der Waals surface area (Å²) in [5, 5.41) is 3.99. The molecule has 0 unspecified atom stereocenters. The van der Waals surface area contributed by atoms with E-state index in [1.165, 1.54) is 6.42 Å². The number of ether oxygens (including phenoxy) is 1. The first-order valence-corrected chi connectivity index (χ1v) is 8.13. The number of hydrogen-bond donors (Lipinski definition) is 1. The minimum Gasteiger partial charge on any atom is -0.376 e. The molecule has 1 N–H and O–H groups in total. The average Bonchev–Trinajstić information content (AvgIpc) is 2.56. The van der Waals surface area contributed by atoms with Crippen LogP contribution in [0, 0.1) is 6.92 Å². The van der Waals surface area contributed by atoms with Crippen LogP contribution in [0.25, 0.3) is 10.9 Å². The van der Waals surface area contributed by atoms with Gasteiger partial charge in [0.05, 0.1) is 17.3 Å². The fraction of sp³-hybridized carbons (Fsp3) is 0.444. The quantitative estimate of drug-likeness (QED) is 0.942. The molecular weight excluding hydrogens is 290 g/mol. The highest BCUT2D eigenvalue weighted by molar-refractivity contribution is 5.99. The van der Waals surface area contributed by atoms with Crippen molar-refractivity contribution in [2.75, 3.05) is 25.5 Å². The fourth-order valence-electron chi connectivity index (χ4n) is 2.90. The van der Waals surface area contributed by atoms with E-state index < -0.39 is 0 Å². The Hall–Kier alpha value is -2.14. The van der Waals surface area contributed by atoms with Crippen LogP contribution in [0.1, 0.15) is 25.0 Å². The van der Waals surface area contributed by atoms with E-state index in [-0.39, 0.29) is 12.1 Å². The van der Waals surface area contributed by atoms with Crippen molar-refractivity contribution in [2.45, 2.75) is 32.3 Å². The third-order valence-electron chi connectivity index (χ3n) is 4.20. The summed E-state index contributed by atoms with van der Waals surface area (Å²) in [5.74, 6) is 0. The number of nitrogens with one attached hydrogen (secondary N) is 1. The van der Waals surface area contributed by atoms with Gasteiger partial charge in [-0.2, -0.15) is 0 Å². The summed E-state index contributed by atoms with van der Waals surface area (Å²) in [6.45, 7) is 3.36. The molecule has 2 amide bonds. The largest absolute Gasteiger partial charge is 0.376 e. The van der Waals surface area contributed by atoms with Crippen LogP contribution in [0.3, 0.4) is 0 Å². The van der Waals surface area contributed by atoms with E-state index in [0.29, 0.717) is 6.54 Å². The maximum absolute atomic E-state index is 12.4. The van der Waals surface area contributed by atoms with Gasteiger partial charge in [0, 0.05) is 31.3 Å². The number of likely N-dealkylation sites (N-methyl/N-ethyl adjacent to an activating group) is 1. The SMILES string of the molecule is Cc1ccc2cccc(NC(=O)N(C)C[C@@H]3CCCCO3)c2n1. The second-order valence-electron chi connectivity index (χ2n) is 6.13. The number of carbonyl (C=O) groups is 1. The lowest BCUT2D eigenvalue weighted by Gasteiger charge is -2.27. The maximum atomic E-state index is 12.4. The Morgan fingerprint density at radius 3 is 3.00 bits per heavy atom. The van der Waals surface area contributed by atoms with Gasteiger partial charge in [-0.3, -0.25) is 4.98 Å². The standard InChI is InChI=1S/C18H23N3O2/c1-13-9-10-14-6-5-8-16(17(14)19-13)20-18(22)21(2)12-15-7-3-4-11-23-15/h5-6,8-10,15H,3-4,7,11-12H2,1-2H3,(H,20,22)/t15-/m0/s1. The van der Waals surface area contributed by atoms with Crippen LogP contribution in [0.5, 0.6) is 0 Å². The Bertz CT molecular complexity index is 696. The first-order valence-electron chi connectivity index (χ1n) is 8.13. The normalized spacial score (nSPS) is 17.9. The third kappa shape index (κ3) is 3.79. The summed E-state index contributed by atoms with van der Waals surface area (Å²) >= 11 is 0. The van der Waals surface area contributed by atoms with Crippen LogP contribution in [0.2, 0.25) is 0 Å². The number of aryl methyl sites for hydroxylation is 1. The van der Waals surface area contributed by atoms with Crippen LogP contribution in [-0.4, -0.2) is 42.2 Å². The van der Waals surface area contributed by atoms with E-state index in [0.717, 1.165) is 41.7 Å². The van der Waals surface area contributed by atoms with Gasteiger partial charge in [0.25, 0.3) is 0 Å². The first-order chi connectivity index (χ1) is 11.1. The third-order valence-corrected chi connectivity index (χ3v) is 4.20. The zero-order valence-corrected chi connectivity index (χ0v) is 13.7. The van der Waals surface area contributed by atoms with E-state index in [4.69, 9.17) is 4.74 Å². The van der Waals surface area contributed by atoms with Crippen LogP contribution < -0.4 is 5.32 Å². The van der Waals surface area contributed by atoms with Crippen molar-refractivity contribution in [3.63, 3.8) is 0 Å². The lowest BCUT2D eigenvalue weighted by Crippen LogP contribution is -2.39. The monoisotopic (exact) mass is 313 g/mol. The molecule has 1 aromatic heterocycles. The minimum atomic E-state index is -0.130. The average molecular weight is 313 g/mol. The summed E-state index contributed by atoms with van der Waals surface area (Å²) in [5.41, 5.74) is 2.50. The van der Waals surface area contributed by atoms with Gasteiger partial charge in [-0.1, -0.05) is 18.2 Å². The maximum Gasteiger partial charge on any atom is 0.321 e. The van der Waals surface area contributed by atoms with E-state index in [9.17, 15) is 4.79 Å². The number of anilines is 1. The molecule has 1 atom stereocenters. The van der Waals surface area contributed by atoms with Gasteiger partial charge in [0.1, 0.15) is 0 Å². The minimum absolute atomic E-state index is 0.130. The predicted octanol–water partition coefficient (Wildman–Crippen LogP) is 3.58. The summed E-state index contributed by atoms with van der Waals surface area (Å²) < 4.78 is 5.70. The Morgan fingerprint density at radius 1 is 1.35 bits per heavy atom. The molecule has 1 aromatic carbocycles. The summed E-state index contributed by atoms with van der Waals surface area (Å²) in [4.78, 5) is 18.7. The molecule has 2 heterocycles. The Balaban J connectivity index is 1.70. The molecule has 5 nitrogen and oxygen atoms in total. The number of para-hydroxylation sites is 1. The molecule has 2 aromatic rings. The zero-order valence-electron chi connectivity index (χ0n) is 13.7. The summed E-state index contributed by atoms with van der Waals surface area (Å²) in [7, 11) is 1.80. The number of amides is 2. The first kappa shape index (κ1) is 15.7.